The fraction of sp³-hybridized carbons (Fsp3) is 0.250. The van der Waals surface area contributed by atoms with Crippen molar-refractivity contribution < 1.29 is 4.39 Å². The fourth-order valence-electron chi connectivity index (χ4n) is 3.33. The molecule has 0 radical (unpaired) electrons. The van der Waals surface area contributed by atoms with E-state index in [1.807, 2.05) is 41.1 Å². The Morgan fingerprint density at radius 3 is 2.84 bits per heavy atom. The highest BCUT2D eigenvalue weighted by Crippen LogP contribution is 2.30. The van der Waals surface area contributed by atoms with E-state index in [1.165, 1.54) is 11.6 Å². The first kappa shape index (κ1) is 16.3. The third kappa shape index (κ3) is 3.33. The molecule has 0 atom stereocenters. The Bertz CT molecular complexity index is 904. The quantitative estimate of drug-likeness (QED) is 0.662. The lowest BCUT2D eigenvalue weighted by molar-refractivity contribution is 0.612. The van der Waals surface area contributed by atoms with Crippen molar-refractivity contribution in [3.05, 3.63) is 75.6 Å². The van der Waals surface area contributed by atoms with Gasteiger partial charge in [-0.3, -0.25) is 0 Å². The molecule has 1 N–H and O–H groups in total. The normalized spacial score (nSPS) is 13.8. The van der Waals surface area contributed by atoms with Crippen LogP contribution < -0.4 is 5.32 Å². The molecule has 0 spiro atoms. The van der Waals surface area contributed by atoms with E-state index in [9.17, 15) is 4.39 Å². The zero-order chi connectivity index (χ0) is 17.2. The van der Waals surface area contributed by atoms with Crippen molar-refractivity contribution >= 4 is 21.7 Å². The predicted molar refractivity (Wildman–Crippen MR) is 102 cm³/mol. The van der Waals surface area contributed by atoms with Crippen molar-refractivity contribution in [1.29, 1.82) is 0 Å². The van der Waals surface area contributed by atoms with Crippen LogP contribution in [0.2, 0.25) is 0 Å². The summed E-state index contributed by atoms with van der Waals surface area (Å²) in [6, 6.07) is 15.0. The molecule has 128 valence electrons. The molecule has 3 nitrogen and oxygen atoms in total. The standard InChI is InChI=1S/C20H19BrFN3/c21-15-7-5-8-16(13-15)25-20-17(9-3-4-11-23-20)19(24-25)12-14-6-1-2-10-18(14)22/h1-2,5-8,10,13,23H,3-4,9,11-12H2. The van der Waals surface area contributed by atoms with Crippen LogP contribution in [-0.2, 0) is 12.8 Å². The summed E-state index contributed by atoms with van der Waals surface area (Å²) in [4.78, 5) is 0. The van der Waals surface area contributed by atoms with Crippen LogP contribution in [-0.4, -0.2) is 16.3 Å². The van der Waals surface area contributed by atoms with E-state index in [0.717, 1.165) is 47.5 Å². The van der Waals surface area contributed by atoms with Crippen molar-refractivity contribution in [2.45, 2.75) is 25.7 Å². The van der Waals surface area contributed by atoms with E-state index in [0.29, 0.717) is 12.0 Å². The molecular weight excluding hydrogens is 381 g/mol. The molecule has 25 heavy (non-hydrogen) atoms. The van der Waals surface area contributed by atoms with Gasteiger partial charge in [-0.05, 0) is 49.1 Å². The van der Waals surface area contributed by atoms with Crippen LogP contribution >= 0.6 is 15.9 Å². The lowest BCUT2D eigenvalue weighted by Gasteiger charge is -2.09. The molecule has 0 unspecified atom stereocenters. The van der Waals surface area contributed by atoms with Crippen LogP contribution in [0, 0.1) is 5.82 Å². The average molecular weight is 400 g/mol. The third-order valence-electron chi connectivity index (χ3n) is 4.58. The van der Waals surface area contributed by atoms with Gasteiger partial charge in [-0.1, -0.05) is 40.2 Å². The first-order valence-electron chi connectivity index (χ1n) is 8.56. The second kappa shape index (κ2) is 7.00. The van der Waals surface area contributed by atoms with Crippen molar-refractivity contribution in [1.82, 2.24) is 9.78 Å². The van der Waals surface area contributed by atoms with Crippen molar-refractivity contribution in [2.24, 2.45) is 0 Å². The summed E-state index contributed by atoms with van der Waals surface area (Å²) >= 11 is 3.53. The third-order valence-corrected chi connectivity index (χ3v) is 5.07. The summed E-state index contributed by atoms with van der Waals surface area (Å²) in [6.45, 7) is 0.936. The Labute approximate surface area is 155 Å². The molecule has 4 rings (SSSR count). The Hall–Kier alpha value is -2.14. The first-order valence-corrected chi connectivity index (χ1v) is 9.35. The predicted octanol–water partition coefficient (Wildman–Crippen LogP) is 5.11. The van der Waals surface area contributed by atoms with Crippen LogP contribution in [0.5, 0.6) is 0 Å². The lowest BCUT2D eigenvalue weighted by atomic mass is 10.0. The minimum atomic E-state index is -0.171. The average Bonchev–Trinajstić information content (AvgIpc) is 2.79. The minimum Gasteiger partial charge on any atom is -0.370 e. The molecule has 5 heteroatoms. The molecule has 1 aromatic heterocycles. The summed E-state index contributed by atoms with van der Waals surface area (Å²) in [7, 11) is 0. The van der Waals surface area contributed by atoms with E-state index >= 15 is 0 Å². The molecule has 1 aliphatic heterocycles. The molecule has 1 aliphatic rings. The largest absolute Gasteiger partial charge is 0.370 e. The lowest BCUT2D eigenvalue weighted by Crippen LogP contribution is -2.07. The monoisotopic (exact) mass is 399 g/mol. The number of fused-ring (bicyclic) bond motifs is 1. The number of anilines is 1. The van der Waals surface area contributed by atoms with E-state index < -0.39 is 0 Å². The maximum atomic E-state index is 14.1. The topological polar surface area (TPSA) is 29.9 Å². The number of hydrogen-bond donors (Lipinski definition) is 1. The molecule has 0 amide bonds. The van der Waals surface area contributed by atoms with Crippen molar-refractivity contribution in [3.63, 3.8) is 0 Å². The van der Waals surface area contributed by atoms with Crippen LogP contribution in [0.4, 0.5) is 10.2 Å². The maximum Gasteiger partial charge on any atom is 0.133 e. The molecular formula is C20H19BrFN3. The Morgan fingerprint density at radius 1 is 1.12 bits per heavy atom. The number of halogens is 2. The molecule has 0 saturated heterocycles. The molecule has 0 bridgehead atoms. The van der Waals surface area contributed by atoms with Gasteiger partial charge in [-0.2, -0.15) is 5.10 Å². The number of rotatable bonds is 3. The molecule has 2 aromatic carbocycles. The van der Waals surface area contributed by atoms with Crippen LogP contribution in [0.25, 0.3) is 5.69 Å². The van der Waals surface area contributed by atoms with Gasteiger partial charge in [-0.25, -0.2) is 9.07 Å². The second-order valence-electron chi connectivity index (χ2n) is 6.32. The van der Waals surface area contributed by atoms with Crippen molar-refractivity contribution in [3.8, 4) is 5.69 Å². The van der Waals surface area contributed by atoms with Gasteiger partial charge in [0.25, 0.3) is 0 Å². The number of nitrogens with one attached hydrogen (secondary N) is 1. The number of benzene rings is 2. The zero-order valence-electron chi connectivity index (χ0n) is 13.8. The van der Waals surface area contributed by atoms with E-state index in [1.54, 1.807) is 6.07 Å². The van der Waals surface area contributed by atoms with E-state index in [2.05, 4.69) is 21.2 Å². The van der Waals surface area contributed by atoms with Gasteiger partial charge in [0, 0.05) is 23.0 Å². The number of hydrogen-bond acceptors (Lipinski definition) is 2. The van der Waals surface area contributed by atoms with Gasteiger partial charge in [0.1, 0.15) is 11.6 Å². The smallest absolute Gasteiger partial charge is 0.133 e. The molecule has 0 saturated carbocycles. The van der Waals surface area contributed by atoms with Gasteiger partial charge in [0.15, 0.2) is 0 Å². The van der Waals surface area contributed by atoms with Gasteiger partial charge >= 0.3 is 0 Å². The Morgan fingerprint density at radius 2 is 2.00 bits per heavy atom. The Balaban J connectivity index is 1.81. The number of aromatic nitrogens is 2. The van der Waals surface area contributed by atoms with Crippen LogP contribution in [0.3, 0.4) is 0 Å². The van der Waals surface area contributed by atoms with Gasteiger partial charge in [0.05, 0.1) is 11.4 Å². The van der Waals surface area contributed by atoms with Crippen molar-refractivity contribution in [2.75, 3.05) is 11.9 Å². The molecule has 0 aliphatic carbocycles. The molecule has 0 fully saturated rings. The first-order chi connectivity index (χ1) is 12.2. The van der Waals surface area contributed by atoms with Crippen LogP contribution in [0.1, 0.15) is 29.7 Å². The highest BCUT2D eigenvalue weighted by atomic mass is 79.9. The number of nitrogens with zero attached hydrogens (tertiary/aromatic N) is 2. The maximum absolute atomic E-state index is 14.1. The second-order valence-corrected chi connectivity index (χ2v) is 7.23. The van der Waals surface area contributed by atoms with Gasteiger partial charge < -0.3 is 5.32 Å². The summed E-state index contributed by atoms with van der Waals surface area (Å²) in [5.74, 6) is 0.872. The van der Waals surface area contributed by atoms with Gasteiger partial charge in [-0.15, -0.1) is 0 Å². The highest BCUT2D eigenvalue weighted by Gasteiger charge is 2.21. The molecule has 2 heterocycles. The summed E-state index contributed by atoms with van der Waals surface area (Å²) in [6.07, 6.45) is 3.73. The van der Waals surface area contributed by atoms with E-state index in [4.69, 9.17) is 5.10 Å². The molecule has 3 aromatic rings. The Kier molecular flexibility index (Phi) is 4.57. The van der Waals surface area contributed by atoms with E-state index in [-0.39, 0.29) is 5.82 Å². The SMILES string of the molecule is Fc1ccccc1Cc1nn(-c2cccc(Br)c2)c2c1CCCCN2. The van der Waals surface area contributed by atoms with Crippen LogP contribution in [0.15, 0.2) is 53.0 Å². The minimum absolute atomic E-state index is 0.171. The zero-order valence-corrected chi connectivity index (χ0v) is 15.4. The highest BCUT2D eigenvalue weighted by molar-refractivity contribution is 9.10. The summed E-state index contributed by atoms with van der Waals surface area (Å²) < 4.78 is 17.1. The fourth-order valence-corrected chi connectivity index (χ4v) is 3.72. The summed E-state index contributed by atoms with van der Waals surface area (Å²) in [5, 5.41) is 8.37. The summed E-state index contributed by atoms with van der Waals surface area (Å²) in [5.41, 5.74) is 3.85. The van der Waals surface area contributed by atoms with Gasteiger partial charge in [0.2, 0.25) is 0 Å².